The third-order valence-electron chi connectivity index (χ3n) is 2.75. The first-order valence-corrected chi connectivity index (χ1v) is 5.23. The summed E-state index contributed by atoms with van der Waals surface area (Å²) < 4.78 is 37.7. The molecule has 1 nitrogen and oxygen atoms in total. The lowest BCUT2D eigenvalue weighted by Gasteiger charge is -2.28. The van der Waals surface area contributed by atoms with Gasteiger partial charge in [0, 0.05) is 5.56 Å². The Kier molecular flexibility index (Phi) is 3.63. The molecule has 0 N–H and O–H groups in total. The van der Waals surface area contributed by atoms with E-state index in [2.05, 4.69) is 21.0 Å². The van der Waals surface area contributed by atoms with E-state index < -0.39 is 11.7 Å². The van der Waals surface area contributed by atoms with Crippen LogP contribution >= 0.6 is 0 Å². The molecule has 0 atom stereocenters. The van der Waals surface area contributed by atoms with E-state index in [1.54, 1.807) is 12.1 Å². The van der Waals surface area contributed by atoms with Gasteiger partial charge in [0.05, 0.1) is 26.2 Å². The van der Waals surface area contributed by atoms with Crippen LogP contribution in [0.3, 0.4) is 0 Å². The molecule has 0 fully saturated rings. The Morgan fingerprint density at radius 3 is 1.94 bits per heavy atom. The van der Waals surface area contributed by atoms with E-state index in [1.165, 1.54) is 0 Å². The average molecular weight is 232 g/mol. The van der Waals surface area contributed by atoms with E-state index in [0.717, 1.165) is 35.3 Å². The van der Waals surface area contributed by atoms with Crippen LogP contribution in [0.5, 0.6) is 0 Å². The Hall–Kier alpha value is -1.03. The summed E-state index contributed by atoms with van der Waals surface area (Å²) in [6.07, 6.45) is -4.24. The van der Waals surface area contributed by atoms with Crippen LogP contribution in [-0.2, 0) is 12.7 Å². The lowest BCUT2D eigenvalue weighted by molar-refractivity contribution is -0.901. The molecule has 0 aliphatic carbocycles. The van der Waals surface area contributed by atoms with Crippen LogP contribution in [0, 0.1) is 0 Å². The smallest absolute Gasteiger partial charge is 0.325 e. The van der Waals surface area contributed by atoms with E-state index in [1.807, 2.05) is 0 Å². The van der Waals surface area contributed by atoms with Gasteiger partial charge in [-0.3, -0.25) is 0 Å². The maximum absolute atomic E-state index is 12.3. The van der Waals surface area contributed by atoms with Crippen molar-refractivity contribution in [1.82, 2.24) is 0 Å². The van der Waals surface area contributed by atoms with Crippen LogP contribution in [0.4, 0.5) is 13.2 Å². The minimum absolute atomic E-state index is 0.585. The summed E-state index contributed by atoms with van der Waals surface area (Å²) in [7, 11) is 4.11. The second-order valence-electron chi connectivity index (χ2n) is 4.60. The van der Waals surface area contributed by atoms with Crippen molar-refractivity contribution < 1.29 is 17.7 Å². The van der Waals surface area contributed by atoms with Crippen molar-refractivity contribution in [1.29, 1.82) is 0 Å². The molecule has 0 amide bonds. The summed E-state index contributed by atoms with van der Waals surface area (Å²) in [4.78, 5) is 0. The molecule has 0 heterocycles. The van der Waals surface area contributed by atoms with Gasteiger partial charge in [0.1, 0.15) is 6.54 Å². The van der Waals surface area contributed by atoms with Gasteiger partial charge in [-0.2, -0.15) is 13.2 Å². The molecule has 0 aromatic heterocycles. The Labute approximate surface area is 94.1 Å². The first kappa shape index (κ1) is 13.0. The zero-order valence-corrected chi connectivity index (χ0v) is 9.80. The Morgan fingerprint density at radius 2 is 1.56 bits per heavy atom. The Bertz CT molecular complexity index is 338. The molecule has 0 unspecified atom stereocenters. The minimum Gasteiger partial charge on any atom is -0.325 e. The molecule has 0 saturated heterocycles. The lowest BCUT2D eigenvalue weighted by Crippen LogP contribution is -2.38. The van der Waals surface area contributed by atoms with Gasteiger partial charge < -0.3 is 4.48 Å². The highest BCUT2D eigenvalue weighted by Gasteiger charge is 2.30. The fraction of sp³-hybridized carbons (Fsp3) is 0.500. The third-order valence-corrected chi connectivity index (χ3v) is 2.75. The summed E-state index contributed by atoms with van der Waals surface area (Å²) in [5.74, 6) is 0. The minimum atomic E-state index is -4.24. The first-order chi connectivity index (χ1) is 7.24. The summed E-state index contributed by atoms with van der Waals surface area (Å²) in [6, 6.07) is 5.40. The molecular weight excluding hydrogens is 215 g/mol. The fourth-order valence-electron chi connectivity index (χ4n) is 1.41. The molecule has 16 heavy (non-hydrogen) atoms. The van der Waals surface area contributed by atoms with Gasteiger partial charge in [-0.15, -0.1) is 0 Å². The van der Waals surface area contributed by atoms with E-state index in [9.17, 15) is 13.2 Å². The first-order valence-electron chi connectivity index (χ1n) is 5.23. The summed E-state index contributed by atoms with van der Waals surface area (Å²) >= 11 is 0. The van der Waals surface area contributed by atoms with Crippen LogP contribution < -0.4 is 0 Å². The summed E-state index contributed by atoms with van der Waals surface area (Å²) in [5, 5.41) is 0. The zero-order chi connectivity index (χ0) is 12.4. The molecule has 0 saturated carbocycles. The molecular formula is C12H17F3N+. The predicted molar refractivity (Wildman–Crippen MR) is 57.8 cm³/mol. The number of nitrogens with zero attached hydrogens (tertiary/aromatic N) is 1. The number of hydrogen-bond donors (Lipinski definition) is 0. The second-order valence-corrected chi connectivity index (χ2v) is 4.60. The standard InChI is InChI=1S/C12H17F3N/c1-4-16(2,3)9-10-5-7-11(8-6-10)12(13,14)15/h5-8H,4,9H2,1-3H3/q+1. The predicted octanol–water partition coefficient (Wildman–Crippen LogP) is 3.30. The average Bonchev–Trinajstić information content (AvgIpc) is 2.16. The van der Waals surface area contributed by atoms with Crippen molar-refractivity contribution in [3.63, 3.8) is 0 Å². The van der Waals surface area contributed by atoms with Crippen LogP contribution in [0.2, 0.25) is 0 Å². The molecule has 0 bridgehead atoms. The number of alkyl halides is 3. The van der Waals surface area contributed by atoms with Gasteiger partial charge in [-0.05, 0) is 19.1 Å². The quantitative estimate of drug-likeness (QED) is 0.701. The Balaban J connectivity index is 2.80. The van der Waals surface area contributed by atoms with Gasteiger partial charge in [0.25, 0.3) is 0 Å². The van der Waals surface area contributed by atoms with Crippen molar-refractivity contribution in [3.8, 4) is 0 Å². The van der Waals surface area contributed by atoms with Crippen LogP contribution in [0.25, 0.3) is 0 Å². The SMILES string of the molecule is CC[N+](C)(C)Cc1ccc(C(F)(F)F)cc1. The highest BCUT2D eigenvalue weighted by molar-refractivity contribution is 5.24. The molecule has 1 aromatic carbocycles. The Morgan fingerprint density at radius 1 is 1.06 bits per heavy atom. The number of benzene rings is 1. The van der Waals surface area contributed by atoms with Crippen LogP contribution in [-0.4, -0.2) is 25.1 Å². The van der Waals surface area contributed by atoms with E-state index in [4.69, 9.17) is 0 Å². The second kappa shape index (κ2) is 4.45. The van der Waals surface area contributed by atoms with Gasteiger partial charge >= 0.3 is 6.18 Å². The highest BCUT2D eigenvalue weighted by Crippen LogP contribution is 2.29. The molecule has 4 heteroatoms. The van der Waals surface area contributed by atoms with Crippen molar-refractivity contribution >= 4 is 0 Å². The van der Waals surface area contributed by atoms with Gasteiger partial charge in [-0.25, -0.2) is 0 Å². The number of halogens is 3. The van der Waals surface area contributed by atoms with Crippen molar-refractivity contribution in [2.24, 2.45) is 0 Å². The number of hydrogen-bond acceptors (Lipinski definition) is 0. The molecule has 0 spiro atoms. The van der Waals surface area contributed by atoms with Crippen LogP contribution in [0.1, 0.15) is 18.1 Å². The molecule has 1 aromatic rings. The lowest BCUT2D eigenvalue weighted by atomic mass is 10.1. The molecule has 1 rings (SSSR count). The number of quaternary nitrogens is 1. The van der Waals surface area contributed by atoms with E-state index in [0.29, 0.717) is 0 Å². The topological polar surface area (TPSA) is 0 Å². The monoisotopic (exact) mass is 232 g/mol. The maximum Gasteiger partial charge on any atom is 0.416 e. The summed E-state index contributed by atoms with van der Waals surface area (Å²) in [5.41, 5.74) is 0.345. The maximum atomic E-state index is 12.3. The van der Waals surface area contributed by atoms with Crippen molar-refractivity contribution in [2.45, 2.75) is 19.6 Å². The highest BCUT2D eigenvalue weighted by atomic mass is 19.4. The van der Waals surface area contributed by atoms with E-state index in [-0.39, 0.29) is 0 Å². The molecule has 90 valence electrons. The van der Waals surface area contributed by atoms with Gasteiger partial charge in [0.15, 0.2) is 0 Å². The third kappa shape index (κ3) is 3.52. The van der Waals surface area contributed by atoms with Crippen molar-refractivity contribution in [3.05, 3.63) is 35.4 Å². The van der Waals surface area contributed by atoms with E-state index >= 15 is 0 Å². The fourth-order valence-corrected chi connectivity index (χ4v) is 1.41. The van der Waals surface area contributed by atoms with Crippen LogP contribution in [0.15, 0.2) is 24.3 Å². The molecule has 0 radical (unpaired) electrons. The van der Waals surface area contributed by atoms with Crippen molar-refractivity contribution in [2.75, 3.05) is 20.6 Å². The number of rotatable bonds is 3. The zero-order valence-electron chi connectivity index (χ0n) is 9.80. The largest absolute Gasteiger partial charge is 0.416 e. The van der Waals surface area contributed by atoms with Gasteiger partial charge in [-0.1, -0.05) is 12.1 Å². The summed E-state index contributed by atoms with van der Waals surface area (Å²) in [6.45, 7) is 3.75. The molecule has 0 aliphatic rings. The van der Waals surface area contributed by atoms with Gasteiger partial charge in [0.2, 0.25) is 0 Å². The molecule has 0 aliphatic heterocycles. The normalized spacial score (nSPS) is 12.9.